The highest BCUT2D eigenvalue weighted by Crippen LogP contribution is 2.37. The van der Waals surface area contributed by atoms with Crippen LogP contribution in [0.25, 0.3) is 0 Å². The summed E-state index contributed by atoms with van der Waals surface area (Å²) in [5, 5.41) is 20.3. The van der Waals surface area contributed by atoms with Crippen molar-refractivity contribution < 1.29 is 43.0 Å². The molecule has 2 aliphatic heterocycles. The van der Waals surface area contributed by atoms with Crippen molar-refractivity contribution in [3.8, 4) is 23.0 Å². The number of esters is 1. The lowest BCUT2D eigenvalue weighted by Crippen LogP contribution is -2.45. The van der Waals surface area contributed by atoms with E-state index in [1.807, 2.05) is 0 Å². The van der Waals surface area contributed by atoms with Crippen LogP contribution in [-0.4, -0.2) is 56.7 Å². The molecule has 15 nitrogen and oxygen atoms in total. The van der Waals surface area contributed by atoms with Crippen LogP contribution in [0.1, 0.15) is 24.1 Å². The summed E-state index contributed by atoms with van der Waals surface area (Å²) in [5.74, 6) is -0.278. The molecule has 204 valence electrons. The Bertz CT molecular complexity index is 1400. The van der Waals surface area contributed by atoms with Crippen LogP contribution in [0, 0.1) is 10.1 Å². The molecule has 0 saturated carbocycles. The third-order valence-corrected chi connectivity index (χ3v) is 5.67. The van der Waals surface area contributed by atoms with Gasteiger partial charge in [-0.25, -0.2) is 15.0 Å². The number of hydrogen-bond donors (Lipinski definition) is 3. The summed E-state index contributed by atoms with van der Waals surface area (Å²) in [7, 11) is 2.62. The molecular weight excluding hydrogens is 518 g/mol. The number of carbonyl (C=O) groups excluding carboxylic acids is 3. The second-order valence-corrected chi connectivity index (χ2v) is 8.08. The van der Waals surface area contributed by atoms with Crippen molar-refractivity contribution in [2.45, 2.75) is 13.0 Å². The number of benzene rings is 2. The second-order valence-electron chi connectivity index (χ2n) is 8.08. The van der Waals surface area contributed by atoms with Gasteiger partial charge in [-0.15, -0.1) is 0 Å². The third kappa shape index (κ3) is 5.82. The first-order valence-corrected chi connectivity index (χ1v) is 11.3. The van der Waals surface area contributed by atoms with Gasteiger partial charge in [0, 0.05) is 5.70 Å². The molecule has 0 aromatic heterocycles. The number of ether oxygens (including phenoxy) is 5. The van der Waals surface area contributed by atoms with Crippen molar-refractivity contribution in [3.63, 3.8) is 0 Å². The lowest BCUT2D eigenvalue weighted by molar-refractivity contribution is -0.385. The predicted octanol–water partition coefficient (Wildman–Crippen LogP) is 1.66. The molecule has 0 radical (unpaired) electrons. The first-order valence-electron chi connectivity index (χ1n) is 11.3. The van der Waals surface area contributed by atoms with E-state index in [0.29, 0.717) is 17.0 Å². The monoisotopic (exact) mass is 541 g/mol. The smallest absolute Gasteiger partial charge is 0.337 e. The fourth-order valence-corrected chi connectivity index (χ4v) is 3.87. The Balaban J connectivity index is 1.43. The normalized spacial score (nSPS) is 15.9. The van der Waals surface area contributed by atoms with Gasteiger partial charge in [-0.1, -0.05) is 6.07 Å². The maximum absolute atomic E-state index is 12.3. The lowest BCUT2D eigenvalue weighted by Gasteiger charge is -2.28. The molecular formula is C24H23N5O10. The molecule has 0 spiro atoms. The van der Waals surface area contributed by atoms with Crippen LogP contribution in [0.4, 0.5) is 10.5 Å². The molecule has 0 fully saturated rings. The standard InChI is InChI=1S/C24H23N5O10/c1-12-21(23(31)36-3)22(27-24(32)26-12)13-4-5-16(17(6-13)35-2)37-10-20(30)28-25-9-14-7-18-19(39-11-38-18)8-15(14)29(33)34/h4-9,22H,10-11H2,1-3H3,(H,28,30)(H2,26,27,32)/b25-9-/t22-/m0/s1. The average Bonchev–Trinajstić information content (AvgIpc) is 3.38. The van der Waals surface area contributed by atoms with Crippen LogP contribution >= 0.6 is 0 Å². The molecule has 0 saturated heterocycles. The van der Waals surface area contributed by atoms with Gasteiger partial charge in [0.1, 0.15) is 0 Å². The molecule has 0 unspecified atom stereocenters. The summed E-state index contributed by atoms with van der Waals surface area (Å²) in [4.78, 5) is 47.3. The van der Waals surface area contributed by atoms with Gasteiger partial charge < -0.3 is 34.3 Å². The molecule has 3 N–H and O–H groups in total. The number of fused-ring (bicyclic) bond motifs is 1. The Hall–Kier alpha value is -5.34. The number of nitrogens with one attached hydrogen (secondary N) is 3. The molecule has 2 aromatic carbocycles. The summed E-state index contributed by atoms with van der Waals surface area (Å²) in [6.07, 6.45) is 1.11. The van der Waals surface area contributed by atoms with Crippen molar-refractivity contribution in [3.05, 3.63) is 62.8 Å². The largest absolute Gasteiger partial charge is 0.493 e. The average molecular weight is 541 g/mol. The van der Waals surface area contributed by atoms with Crippen LogP contribution in [0.2, 0.25) is 0 Å². The van der Waals surface area contributed by atoms with Crippen molar-refractivity contribution in [2.24, 2.45) is 5.10 Å². The molecule has 39 heavy (non-hydrogen) atoms. The van der Waals surface area contributed by atoms with Gasteiger partial charge in [0.05, 0.1) is 48.6 Å². The highest BCUT2D eigenvalue weighted by Gasteiger charge is 2.32. The third-order valence-electron chi connectivity index (χ3n) is 5.67. The topological polar surface area (TPSA) is 189 Å². The Morgan fingerprint density at radius 3 is 2.64 bits per heavy atom. The predicted molar refractivity (Wildman–Crippen MR) is 133 cm³/mol. The zero-order valence-electron chi connectivity index (χ0n) is 20.9. The molecule has 15 heteroatoms. The van der Waals surface area contributed by atoms with Gasteiger partial charge in [0.15, 0.2) is 29.6 Å². The van der Waals surface area contributed by atoms with E-state index >= 15 is 0 Å². The maximum Gasteiger partial charge on any atom is 0.337 e. The number of rotatable bonds is 9. The van der Waals surface area contributed by atoms with Crippen molar-refractivity contribution in [1.82, 2.24) is 16.1 Å². The number of carbonyl (C=O) groups is 3. The number of methoxy groups -OCH3 is 2. The number of hydrogen-bond acceptors (Lipinski definition) is 11. The Morgan fingerprint density at radius 1 is 1.21 bits per heavy atom. The van der Waals surface area contributed by atoms with Gasteiger partial charge in [0.25, 0.3) is 11.6 Å². The van der Waals surface area contributed by atoms with Crippen LogP contribution in [0.3, 0.4) is 0 Å². The first kappa shape index (κ1) is 26.7. The quantitative estimate of drug-likeness (QED) is 0.182. The van der Waals surface area contributed by atoms with Crippen molar-refractivity contribution >= 4 is 29.8 Å². The highest BCUT2D eigenvalue weighted by molar-refractivity contribution is 5.95. The molecule has 1 atom stereocenters. The van der Waals surface area contributed by atoms with Gasteiger partial charge >= 0.3 is 12.0 Å². The molecule has 2 aliphatic rings. The molecule has 4 rings (SSSR count). The summed E-state index contributed by atoms with van der Waals surface area (Å²) in [5.41, 5.74) is 3.12. The van der Waals surface area contributed by atoms with Gasteiger partial charge in [0.2, 0.25) is 6.79 Å². The lowest BCUT2D eigenvalue weighted by atomic mass is 9.95. The molecule has 0 bridgehead atoms. The molecule has 0 aliphatic carbocycles. The SMILES string of the molecule is COC(=O)C1=C(C)NC(=O)N[C@H]1c1ccc(OCC(=O)N/N=C\c2cc3c(cc2[N+](=O)[O-])OCO3)c(OC)c1. The van der Waals surface area contributed by atoms with E-state index in [4.69, 9.17) is 23.7 Å². The number of hydrazone groups is 1. The van der Waals surface area contributed by atoms with E-state index in [2.05, 4.69) is 21.2 Å². The zero-order valence-corrected chi connectivity index (χ0v) is 20.9. The summed E-state index contributed by atoms with van der Waals surface area (Å²) >= 11 is 0. The van der Waals surface area contributed by atoms with Crippen molar-refractivity contribution in [1.29, 1.82) is 0 Å². The zero-order chi connectivity index (χ0) is 28.1. The van der Waals surface area contributed by atoms with E-state index in [-0.39, 0.29) is 40.9 Å². The fourth-order valence-electron chi connectivity index (χ4n) is 3.87. The van der Waals surface area contributed by atoms with Crippen LogP contribution in [-0.2, 0) is 14.3 Å². The van der Waals surface area contributed by atoms with Crippen LogP contribution < -0.4 is 35.0 Å². The number of allylic oxidation sites excluding steroid dienone is 1. The Labute approximate surface area is 220 Å². The summed E-state index contributed by atoms with van der Waals surface area (Å²) in [6.45, 7) is 1.06. The molecule has 3 amide bonds. The van der Waals surface area contributed by atoms with Gasteiger partial charge in [-0.2, -0.15) is 5.10 Å². The minimum Gasteiger partial charge on any atom is -0.493 e. The minimum atomic E-state index is -0.813. The van der Waals surface area contributed by atoms with Gasteiger partial charge in [-0.3, -0.25) is 14.9 Å². The van der Waals surface area contributed by atoms with Gasteiger partial charge in [-0.05, 0) is 30.7 Å². The van der Waals surface area contributed by atoms with Crippen LogP contribution in [0.15, 0.2) is 46.7 Å². The number of nitrogens with zero attached hydrogens (tertiary/aromatic N) is 2. The maximum atomic E-state index is 12.3. The van der Waals surface area contributed by atoms with Crippen LogP contribution in [0.5, 0.6) is 23.0 Å². The summed E-state index contributed by atoms with van der Waals surface area (Å²) in [6, 6.07) is 5.95. The number of urea groups is 1. The second kappa shape index (κ2) is 11.4. The van der Waals surface area contributed by atoms with E-state index < -0.39 is 35.5 Å². The molecule has 2 heterocycles. The van der Waals surface area contributed by atoms with E-state index in [0.717, 1.165) is 6.21 Å². The highest BCUT2D eigenvalue weighted by atomic mass is 16.7. The fraction of sp³-hybridized carbons (Fsp3) is 0.250. The first-order chi connectivity index (χ1) is 18.7. The number of amides is 3. The van der Waals surface area contributed by atoms with Crippen molar-refractivity contribution in [2.75, 3.05) is 27.6 Å². The molecule has 2 aromatic rings. The van der Waals surface area contributed by atoms with E-state index in [1.165, 1.54) is 32.4 Å². The number of nitro benzene ring substituents is 1. The Kier molecular flexibility index (Phi) is 7.79. The Morgan fingerprint density at radius 2 is 1.95 bits per heavy atom. The van der Waals surface area contributed by atoms with E-state index in [1.54, 1.807) is 19.1 Å². The minimum absolute atomic E-state index is 0.0547. The van der Waals surface area contributed by atoms with E-state index in [9.17, 15) is 24.5 Å². The number of nitro groups is 1. The summed E-state index contributed by atoms with van der Waals surface area (Å²) < 4.78 is 26.1.